The number of pyridine rings is 3. The van der Waals surface area contributed by atoms with Crippen LogP contribution in [0.3, 0.4) is 0 Å². The van der Waals surface area contributed by atoms with E-state index < -0.39 is 0 Å². The van der Waals surface area contributed by atoms with Crippen molar-refractivity contribution >= 4 is 28.7 Å². The number of halogens is 1. The maximum Gasteiger partial charge on any atom is 0.517 e. The van der Waals surface area contributed by atoms with Gasteiger partial charge in [-0.05, 0) is 12.1 Å². The Labute approximate surface area is 205 Å². The molecular formula is C25H30ClN8+3. The summed E-state index contributed by atoms with van der Waals surface area (Å²) in [6.45, 7) is 0. The second kappa shape index (κ2) is 9.61. The van der Waals surface area contributed by atoms with Crippen LogP contribution < -0.4 is 28.4 Å². The molecule has 0 bridgehead atoms. The zero-order valence-electron chi connectivity index (χ0n) is 20.4. The Morgan fingerprint density at radius 3 is 1.12 bits per heavy atom. The zero-order chi connectivity index (χ0) is 24.4. The van der Waals surface area contributed by atoms with E-state index in [-0.39, 0.29) is 0 Å². The first kappa shape index (κ1) is 23.4. The summed E-state index contributed by atoms with van der Waals surface area (Å²) in [5.74, 6) is 1.72. The van der Waals surface area contributed by atoms with Gasteiger partial charge in [-0.2, -0.15) is 4.57 Å². The van der Waals surface area contributed by atoms with Crippen LogP contribution in [0.2, 0.25) is 5.02 Å². The lowest BCUT2D eigenvalue weighted by Gasteiger charge is -2.12. The Hall–Kier alpha value is -3.78. The van der Waals surface area contributed by atoms with E-state index in [2.05, 4.69) is 0 Å². The summed E-state index contributed by atoms with van der Waals surface area (Å²) in [5, 5.41) is 0.458. The lowest BCUT2D eigenvalue weighted by molar-refractivity contribution is -0.623. The van der Waals surface area contributed by atoms with E-state index in [1.165, 1.54) is 0 Å². The smallest absolute Gasteiger partial charge is 0.377 e. The highest BCUT2D eigenvalue weighted by Gasteiger charge is 2.32. The van der Waals surface area contributed by atoms with Gasteiger partial charge in [-0.15, -0.1) is 0 Å². The van der Waals surface area contributed by atoms with Crippen molar-refractivity contribution in [2.24, 2.45) is 0 Å². The molecule has 4 aromatic rings. The van der Waals surface area contributed by atoms with Gasteiger partial charge in [-0.1, -0.05) is 11.6 Å². The molecule has 0 aliphatic rings. The van der Waals surface area contributed by atoms with E-state index in [1.807, 2.05) is 144 Å². The summed E-state index contributed by atoms with van der Waals surface area (Å²) in [7, 11) is 12.1. The molecule has 0 spiro atoms. The molecule has 0 fully saturated rings. The van der Waals surface area contributed by atoms with Crippen molar-refractivity contribution < 1.29 is 13.7 Å². The minimum absolute atomic E-state index is 0.458. The monoisotopic (exact) mass is 477 g/mol. The summed E-state index contributed by atoms with van der Waals surface area (Å²) in [4.78, 5) is 15.8. The van der Waals surface area contributed by atoms with Crippen LogP contribution in [0.15, 0.2) is 73.6 Å². The highest BCUT2D eigenvalue weighted by molar-refractivity contribution is 6.33. The molecule has 9 heteroatoms. The third kappa shape index (κ3) is 4.77. The van der Waals surface area contributed by atoms with Gasteiger partial charge in [0.25, 0.3) is 0 Å². The molecule has 0 N–H and O–H groups in total. The Morgan fingerprint density at radius 2 is 0.824 bits per heavy atom. The van der Waals surface area contributed by atoms with Gasteiger partial charge in [0.05, 0.1) is 37.2 Å². The number of aromatic nitrogens is 5. The van der Waals surface area contributed by atoms with Crippen LogP contribution in [-0.4, -0.2) is 52.3 Å². The minimum Gasteiger partial charge on any atom is -0.377 e. The van der Waals surface area contributed by atoms with Gasteiger partial charge in [0.2, 0.25) is 5.02 Å². The number of nitrogens with zero attached hydrogens (tertiary/aromatic N) is 8. The molecule has 0 amide bonds. The first-order valence-electron chi connectivity index (χ1n) is 10.9. The summed E-state index contributed by atoms with van der Waals surface area (Å²) in [6, 6.07) is 12.1. The maximum absolute atomic E-state index is 6.91. The van der Waals surface area contributed by atoms with Crippen molar-refractivity contribution in [1.29, 1.82) is 0 Å². The molecule has 4 rings (SSSR count). The minimum atomic E-state index is 0.458. The van der Waals surface area contributed by atoms with Crippen molar-refractivity contribution in [3.63, 3.8) is 0 Å². The zero-order valence-corrected chi connectivity index (χ0v) is 21.1. The first-order valence-corrected chi connectivity index (χ1v) is 11.3. The molecule has 0 atom stereocenters. The van der Waals surface area contributed by atoms with Crippen molar-refractivity contribution in [3.8, 4) is 17.6 Å². The Morgan fingerprint density at radius 1 is 0.529 bits per heavy atom. The third-order valence-corrected chi connectivity index (χ3v) is 5.85. The van der Waals surface area contributed by atoms with Crippen molar-refractivity contribution in [3.05, 3.63) is 78.6 Å². The molecule has 0 aromatic carbocycles. The molecule has 8 nitrogen and oxygen atoms in total. The van der Waals surface area contributed by atoms with Crippen LogP contribution >= 0.6 is 11.6 Å². The number of anilines is 3. The predicted molar refractivity (Wildman–Crippen MR) is 135 cm³/mol. The molecule has 4 aromatic heterocycles. The van der Waals surface area contributed by atoms with Crippen LogP contribution in [0.1, 0.15) is 0 Å². The van der Waals surface area contributed by atoms with Crippen LogP contribution in [0.25, 0.3) is 17.6 Å². The van der Waals surface area contributed by atoms with Crippen LogP contribution in [0, 0.1) is 0 Å². The second-order valence-electron chi connectivity index (χ2n) is 8.56. The molecule has 0 aliphatic heterocycles. The summed E-state index contributed by atoms with van der Waals surface area (Å²) in [6.07, 6.45) is 11.7. The maximum atomic E-state index is 6.91. The molecule has 34 heavy (non-hydrogen) atoms. The highest BCUT2D eigenvalue weighted by Crippen LogP contribution is 2.20. The molecule has 174 valence electrons. The highest BCUT2D eigenvalue weighted by atomic mass is 35.5. The normalized spacial score (nSPS) is 10.8. The standard InChI is InChI=1S/C25H30ClN8/c1-29(2)19-7-13-32(14-8-19)23-22(26)24(33-15-9-20(10-16-33)30(3)4)28-25(27-23)34-17-11-21(12-18-34)31(5)6/h7-18H,1-6H3/q+3. The molecule has 0 unspecified atom stereocenters. The molecule has 0 radical (unpaired) electrons. The van der Waals surface area contributed by atoms with E-state index in [9.17, 15) is 0 Å². The fourth-order valence-electron chi connectivity index (χ4n) is 3.44. The average molecular weight is 478 g/mol. The Balaban J connectivity index is 1.87. The molecule has 0 saturated heterocycles. The Bertz CT molecular complexity index is 1200. The number of rotatable bonds is 6. The van der Waals surface area contributed by atoms with Crippen molar-refractivity contribution in [2.75, 3.05) is 57.0 Å². The molecule has 0 saturated carbocycles. The number of hydrogen-bond donors (Lipinski definition) is 0. The molecule has 4 heterocycles. The lowest BCUT2D eigenvalue weighted by atomic mass is 10.3. The Kier molecular flexibility index (Phi) is 6.61. The van der Waals surface area contributed by atoms with Crippen LogP contribution in [0.4, 0.5) is 17.1 Å². The van der Waals surface area contributed by atoms with Gasteiger partial charge >= 0.3 is 17.6 Å². The van der Waals surface area contributed by atoms with E-state index in [0.717, 1.165) is 17.1 Å². The predicted octanol–water partition coefficient (Wildman–Crippen LogP) is 2.16. The van der Waals surface area contributed by atoms with E-state index in [0.29, 0.717) is 22.6 Å². The second-order valence-corrected chi connectivity index (χ2v) is 8.94. The van der Waals surface area contributed by atoms with E-state index in [1.54, 1.807) is 0 Å². The number of hydrogen-bond acceptors (Lipinski definition) is 5. The van der Waals surface area contributed by atoms with Gasteiger partial charge in [0.1, 0.15) is 0 Å². The van der Waals surface area contributed by atoms with Gasteiger partial charge < -0.3 is 14.7 Å². The van der Waals surface area contributed by atoms with Crippen molar-refractivity contribution in [2.45, 2.75) is 0 Å². The van der Waals surface area contributed by atoms with E-state index in [4.69, 9.17) is 21.6 Å². The fraction of sp³-hybridized carbons (Fsp3) is 0.240. The van der Waals surface area contributed by atoms with Gasteiger partial charge in [-0.3, -0.25) is 0 Å². The molecule has 0 aliphatic carbocycles. The fourth-order valence-corrected chi connectivity index (χ4v) is 3.72. The third-order valence-electron chi connectivity index (χ3n) is 5.51. The van der Waals surface area contributed by atoms with E-state index >= 15 is 0 Å². The van der Waals surface area contributed by atoms with Crippen LogP contribution in [0.5, 0.6) is 0 Å². The van der Waals surface area contributed by atoms with Crippen molar-refractivity contribution in [1.82, 2.24) is 9.97 Å². The average Bonchev–Trinajstić information content (AvgIpc) is 2.84. The van der Waals surface area contributed by atoms with Gasteiger partial charge in [-0.25, -0.2) is 9.13 Å². The quantitative estimate of drug-likeness (QED) is 0.398. The lowest BCUT2D eigenvalue weighted by Crippen LogP contribution is -2.41. The van der Waals surface area contributed by atoms with Crippen LogP contribution in [-0.2, 0) is 0 Å². The summed E-state index contributed by atoms with van der Waals surface area (Å²) >= 11 is 6.91. The van der Waals surface area contributed by atoms with Gasteiger partial charge in [0.15, 0.2) is 0 Å². The summed E-state index contributed by atoms with van der Waals surface area (Å²) < 4.78 is 5.71. The summed E-state index contributed by atoms with van der Waals surface area (Å²) in [5.41, 5.74) is 3.27. The first-order chi connectivity index (χ1) is 16.2. The molecular weight excluding hydrogens is 448 g/mol. The largest absolute Gasteiger partial charge is 0.517 e. The SMILES string of the molecule is CN(C)c1cc[n+](-c2nc(-[n+]3ccc(N(C)C)cc3)c(Cl)c(-[n+]3ccc(N(C)C)cc3)n2)cc1. The topological polar surface area (TPSA) is 47.1 Å². The van der Waals surface area contributed by atoms with Gasteiger partial charge in [0, 0.05) is 93.6 Å².